The summed E-state index contributed by atoms with van der Waals surface area (Å²) in [6.45, 7) is 0.836. The van der Waals surface area contributed by atoms with Crippen LogP contribution in [-0.2, 0) is 0 Å². The Morgan fingerprint density at radius 2 is 2.40 bits per heavy atom. The van der Waals surface area contributed by atoms with Gasteiger partial charge in [0.05, 0.1) is 0 Å². The summed E-state index contributed by atoms with van der Waals surface area (Å²) < 4.78 is 0. The largest absolute Gasteiger partial charge is 0.477 e. The van der Waals surface area contributed by atoms with Crippen LogP contribution in [0.5, 0.6) is 0 Å². The molecule has 1 aromatic heterocycles. The molecule has 5 heteroatoms. The highest BCUT2D eigenvalue weighted by atomic mass is 16.4. The molecular weight excluding hydrogens is 194 g/mol. The lowest BCUT2D eigenvalue weighted by Gasteiger charge is -2.25. The fraction of sp³-hybridized carbons (Fsp3) is 0.500. The van der Waals surface area contributed by atoms with E-state index in [1.54, 1.807) is 0 Å². The van der Waals surface area contributed by atoms with E-state index in [0.29, 0.717) is 11.9 Å². The second-order valence-electron chi connectivity index (χ2n) is 3.75. The highest BCUT2D eigenvalue weighted by Crippen LogP contribution is 2.25. The number of hydrogen-bond donors (Lipinski definition) is 2. The highest BCUT2D eigenvalue weighted by molar-refractivity contribution is 5.85. The number of carboxylic acid groups (broad SMARTS) is 1. The fourth-order valence-electron chi connectivity index (χ4n) is 1.50. The minimum Gasteiger partial charge on any atom is -0.477 e. The zero-order valence-corrected chi connectivity index (χ0v) is 8.31. The minimum atomic E-state index is -1.02. The number of aromatic nitrogens is 2. The lowest BCUT2D eigenvalue weighted by Crippen LogP contribution is -2.22. The molecule has 1 aliphatic rings. The molecule has 0 unspecified atom stereocenters. The Morgan fingerprint density at radius 3 is 3.00 bits per heavy atom. The molecule has 0 atom stereocenters. The van der Waals surface area contributed by atoms with E-state index >= 15 is 0 Å². The summed E-state index contributed by atoms with van der Waals surface area (Å²) in [6, 6.07) is 1.39. The van der Waals surface area contributed by atoms with Gasteiger partial charge in [0.2, 0.25) is 5.95 Å². The molecule has 1 heterocycles. The van der Waals surface area contributed by atoms with Gasteiger partial charge in [0, 0.05) is 12.7 Å². The normalized spacial score (nSPS) is 15.7. The number of carbonyl (C=O) groups is 1. The summed E-state index contributed by atoms with van der Waals surface area (Å²) in [7, 11) is 0. The molecule has 0 aromatic carbocycles. The number of anilines is 1. The summed E-state index contributed by atoms with van der Waals surface area (Å²) in [6.07, 6.45) is 5.24. The van der Waals surface area contributed by atoms with Crippen molar-refractivity contribution in [1.29, 1.82) is 0 Å². The van der Waals surface area contributed by atoms with Crippen molar-refractivity contribution < 1.29 is 9.90 Å². The van der Waals surface area contributed by atoms with E-state index in [0.717, 1.165) is 6.54 Å². The summed E-state index contributed by atoms with van der Waals surface area (Å²) >= 11 is 0. The molecule has 1 aromatic rings. The molecule has 1 aliphatic carbocycles. The maximum atomic E-state index is 10.6. The van der Waals surface area contributed by atoms with Crippen molar-refractivity contribution >= 4 is 11.9 Å². The van der Waals surface area contributed by atoms with Gasteiger partial charge in [-0.15, -0.1) is 0 Å². The van der Waals surface area contributed by atoms with E-state index in [1.165, 1.54) is 31.5 Å². The van der Waals surface area contributed by atoms with Gasteiger partial charge in [-0.3, -0.25) is 0 Å². The Labute approximate surface area is 87.6 Å². The van der Waals surface area contributed by atoms with Crippen LogP contribution in [0.1, 0.15) is 29.8 Å². The number of nitrogens with zero attached hydrogens (tertiary/aromatic N) is 2. The topological polar surface area (TPSA) is 75.1 Å². The maximum absolute atomic E-state index is 10.6. The molecule has 1 saturated carbocycles. The zero-order chi connectivity index (χ0) is 10.7. The first-order valence-corrected chi connectivity index (χ1v) is 5.06. The first kappa shape index (κ1) is 9.89. The number of rotatable bonds is 4. The van der Waals surface area contributed by atoms with Gasteiger partial charge in [-0.2, -0.15) is 0 Å². The quantitative estimate of drug-likeness (QED) is 0.780. The Hall–Kier alpha value is -1.65. The third-order valence-electron chi connectivity index (χ3n) is 2.65. The van der Waals surface area contributed by atoms with E-state index in [-0.39, 0.29) is 5.69 Å². The van der Waals surface area contributed by atoms with Gasteiger partial charge in [-0.1, -0.05) is 6.42 Å². The Kier molecular flexibility index (Phi) is 2.80. The summed E-state index contributed by atoms with van der Waals surface area (Å²) in [4.78, 5) is 18.5. The molecule has 0 aliphatic heterocycles. The van der Waals surface area contributed by atoms with E-state index < -0.39 is 5.97 Å². The zero-order valence-electron chi connectivity index (χ0n) is 8.31. The first-order chi connectivity index (χ1) is 7.25. The third-order valence-corrected chi connectivity index (χ3v) is 2.65. The van der Waals surface area contributed by atoms with Gasteiger partial charge in [-0.05, 0) is 24.8 Å². The predicted octanol–water partition coefficient (Wildman–Crippen LogP) is 1.39. The molecule has 2 rings (SSSR count). The van der Waals surface area contributed by atoms with Gasteiger partial charge >= 0.3 is 5.97 Å². The average Bonchev–Trinajstić information content (AvgIpc) is 2.16. The van der Waals surface area contributed by atoms with Gasteiger partial charge in [0.1, 0.15) is 0 Å². The smallest absolute Gasteiger partial charge is 0.354 e. The van der Waals surface area contributed by atoms with Crippen LogP contribution < -0.4 is 5.32 Å². The number of carboxylic acids is 1. The van der Waals surface area contributed by atoms with Crippen molar-refractivity contribution in [1.82, 2.24) is 9.97 Å². The van der Waals surface area contributed by atoms with Crippen LogP contribution in [0.15, 0.2) is 12.3 Å². The van der Waals surface area contributed by atoms with Gasteiger partial charge in [0.15, 0.2) is 5.69 Å². The van der Waals surface area contributed by atoms with E-state index in [2.05, 4.69) is 15.3 Å². The van der Waals surface area contributed by atoms with Crippen LogP contribution in [0.2, 0.25) is 0 Å². The molecule has 1 fully saturated rings. The van der Waals surface area contributed by atoms with Gasteiger partial charge in [0.25, 0.3) is 0 Å². The van der Waals surface area contributed by atoms with Gasteiger partial charge < -0.3 is 10.4 Å². The second-order valence-corrected chi connectivity index (χ2v) is 3.75. The van der Waals surface area contributed by atoms with Crippen molar-refractivity contribution in [3.05, 3.63) is 18.0 Å². The Morgan fingerprint density at radius 1 is 1.60 bits per heavy atom. The van der Waals surface area contributed by atoms with Crippen LogP contribution in [0.4, 0.5) is 5.95 Å². The standard InChI is InChI=1S/C10H13N3O2/c14-9(15)8-4-5-11-10(13-8)12-6-7-2-1-3-7/h4-5,7H,1-3,6H2,(H,14,15)(H,11,12,13). The van der Waals surface area contributed by atoms with Crippen LogP contribution in [0.3, 0.4) is 0 Å². The molecule has 0 amide bonds. The number of aromatic carboxylic acids is 1. The lowest BCUT2D eigenvalue weighted by molar-refractivity contribution is 0.0690. The lowest BCUT2D eigenvalue weighted by atomic mass is 9.85. The average molecular weight is 207 g/mol. The Bertz CT molecular complexity index is 363. The molecule has 80 valence electrons. The first-order valence-electron chi connectivity index (χ1n) is 5.06. The maximum Gasteiger partial charge on any atom is 0.354 e. The van der Waals surface area contributed by atoms with E-state index in [9.17, 15) is 4.79 Å². The fourth-order valence-corrected chi connectivity index (χ4v) is 1.50. The van der Waals surface area contributed by atoms with Crippen molar-refractivity contribution in [3.8, 4) is 0 Å². The third kappa shape index (κ3) is 2.43. The molecule has 0 spiro atoms. The van der Waals surface area contributed by atoms with Gasteiger partial charge in [-0.25, -0.2) is 14.8 Å². The molecule has 0 radical (unpaired) electrons. The minimum absolute atomic E-state index is 0.0288. The molecule has 0 saturated heterocycles. The molecular formula is C10H13N3O2. The SMILES string of the molecule is O=C(O)c1ccnc(NCC2CCC2)n1. The predicted molar refractivity (Wildman–Crippen MR) is 54.8 cm³/mol. The Balaban J connectivity index is 1.94. The monoisotopic (exact) mass is 207 g/mol. The molecule has 2 N–H and O–H groups in total. The number of nitrogens with one attached hydrogen (secondary N) is 1. The second kappa shape index (κ2) is 4.25. The van der Waals surface area contributed by atoms with Crippen molar-refractivity contribution in [2.24, 2.45) is 5.92 Å². The van der Waals surface area contributed by atoms with Crippen LogP contribution >= 0.6 is 0 Å². The van der Waals surface area contributed by atoms with Crippen LogP contribution in [0.25, 0.3) is 0 Å². The van der Waals surface area contributed by atoms with Crippen molar-refractivity contribution in [2.45, 2.75) is 19.3 Å². The molecule has 0 bridgehead atoms. The van der Waals surface area contributed by atoms with Crippen molar-refractivity contribution in [3.63, 3.8) is 0 Å². The summed E-state index contributed by atoms with van der Waals surface area (Å²) in [5, 5.41) is 11.8. The van der Waals surface area contributed by atoms with E-state index in [4.69, 9.17) is 5.11 Å². The van der Waals surface area contributed by atoms with Crippen LogP contribution in [-0.4, -0.2) is 27.6 Å². The highest BCUT2D eigenvalue weighted by Gasteiger charge is 2.17. The van der Waals surface area contributed by atoms with E-state index in [1.807, 2.05) is 0 Å². The molecule has 5 nitrogen and oxygen atoms in total. The number of hydrogen-bond acceptors (Lipinski definition) is 4. The summed E-state index contributed by atoms with van der Waals surface area (Å²) in [5.74, 6) is 0.0768. The molecule has 15 heavy (non-hydrogen) atoms. The summed E-state index contributed by atoms with van der Waals surface area (Å²) in [5.41, 5.74) is 0.0288. The van der Waals surface area contributed by atoms with Crippen LogP contribution in [0, 0.1) is 5.92 Å². The van der Waals surface area contributed by atoms with Crippen molar-refractivity contribution in [2.75, 3.05) is 11.9 Å².